The van der Waals surface area contributed by atoms with Crippen LogP contribution in [-0.2, 0) is 4.57 Å². The fraction of sp³-hybridized carbons (Fsp3) is 1.00. The molecule has 0 aromatic rings. The Hall–Kier alpha value is 0.450. The van der Waals surface area contributed by atoms with E-state index in [2.05, 4.69) is 19.2 Å². The lowest BCUT2D eigenvalue weighted by Gasteiger charge is -2.52. The van der Waals surface area contributed by atoms with Gasteiger partial charge in [-0.2, -0.15) is 0 Å². The fourth-order valence-electron chi connectivity index (χ4n) is 6.71. The molecule has 0 aromatic heterocycles. The maximum absolute atomic E-state index is 8.77. The third-order valence-electron chi connectivity index (χ3n) is 7.41. The fourth-order valence-corrected chi connectivity index (χ4v) is 6.71. The minimum Gasteiger partial charge on any atom is -0.262 e. The van der Waals surface area contributed by atoms with Crippen molar-refractivity contribution in [2.24, 2.45) is 41.4 Å². The van der Waals surface area contributed by atoms with Crippen molar-refractivity contribution < 1.29 is 4.57 Å². The van der Waals surface area contributed by atoms with Crippen molar-refractivity contribution in [2.75, 3.05) is 0 Å². The summed E-state index contributed by atoms with van der Waals surface area (Å²) in [4.78, 5) is 0. The van der Waals surface area contributed by atoms with Crippen molar-refractivity contribution >= 4 is 19.9 Å². The summed E-state index contributed by atoms with van der Waals surface area (Å²) < 4.78 is 8.77. The van der Waals surface area contributed by atoms with Gasteiger partial charge >= 0.3 is 0 Å². The van der Waals surface area contributed by atoms with Crippen LogP contribution in [0.25, 0.3) is 0 Å². The second kappa shape index (κ2) is 12.8. The molecule has 0 N–H and O–H groups in total. The third kappa shape index (κ3) is 5.97. The maximum Gasteiger partial charge on any atom is 0.223 e. The first-order valence-electron chi connectivity index (χ1n) is 11.2. The Morgan fingerprint density at radius 3 is 1.76 bits per heavy atom. The molecule has 148 valence electrons. The van der Waals surface area contributed by atoms with Crippen LogP contribution in [0.2, 0.25) is 0 Å². The van der Waals surface area contributed by atoms with Gasteiger partial charge in [-0.3, -0.25) is 4.57 Å². The molecule has 0 saturated heterocycles. The van der Waals surface area contributed by atoms with Crippen molar-refractivity contribution in [3.05, 3.63) is 0 Å². The van der Waals surface area contributed by atoms with Crippen LogP contribution in [0.3, 0.4) is 0 Å². The second-order valence-corrected chi connectivity index (χ2v) is 8.91. The smallest absolute Gasteiger partial charge is 0.223 e. The van der Waals surface area contributed by atoms with Gasteiger partial charge in [0.2, 0.25) is 7.66 Å². The van der Waals surface area contributed by atoms with Gasteiger partial charge in [0.1, 0.15) is 0 Å². The summed E-state index contributed by atoms with van der Waals surface area (Å²) in [5.41, 5.74) is 0. The summed E-state index contributed by atoms with van der Waals surface area (Å²) in [5, 5.41) is 0. The van der Waals surface area contributed by atoms with Crippen LogP contribution in [0, 0.1) is 41.4 Å². The Morgan fingerprint density at radius 1 is 0.680 bits per heavy atom. The van der Waals surface area contributed by atoms with Gasteiger partial charge in [0.15, 0.2) is 0 Å². The summed E-state index contributed by atoms with van der Waals surface area (Å²) in [6.07, 6.45) is 15.9. The van der Waals surface area contributed by atoms with E-state index >= 15 is 0 Å². The van der Waals surface area contributed by atoms with Crippen LogP contribution in [-0.4, -0.2) is 0 Å². The van der Waals surface area contributed by atoms with Gasteiger partial charge in [-0.25, -0.2) is 0 Å². The number of fused-ring (bicyclic) bond motifs is 5. The van der Waals surface area contributed by atoms with Crippen LogP contribution < -0.4 is 0 Å². The van der Waals surface area contributed by atoms with E-state index in [1.54, 1.807) is 64.2 Å². The summed E-state index contributed by atoms with van der Waals surface area (Å²) >= 11 is 3.21. The molecule has 7 atom stereocenters. The van der Waals surface area contributed by atoms with Crippen molar-refractivity contribution in [1.82, 2.24) is 0 Å². The largest absolute Gasteiger partial charge is 0.262 e. The Morgan fingerprint density at radius 2 is 1.16 bits per heavy atom. The minimum absolute atomic E-state index is 0.139. The molecule has 4 fully saturated rings. The second-order valence-electron chi connectivity index (χ2n) is 8.26. The first kappa shape index (κ1) is 23.5. The summed E-state index contributed by atoms with van der Waals surface area (Å²) in [7, 11) is -0.139. The molecule has 7 unspecified atom stereocenters. The number of thiol groups is 1. The van der Waals surface area contributed by atoms with Gasteiger partial charge in [-0.05, 0) is 86.4 Å². The van der Waals surface area contributed by atoms with Gasteiger partial charge in [0, 0.05) is 0 Å². The molecule has 0 aromatic carbocycles. The number of hydrogen-bond donors (Lipinski definition) is 1. The van der Waals surface area contributed by atoms with Gasteiger partial charge < -0.3 is 0 Å². The molecule has 0 radical (unpaired) electrons. The van der Waals surface area contributed by atoms with Gasteiger partial charge in [0.05, 0.1) is 0 Å². The Balaban J connectivity index is 0.000000397. The zero-order valence-electron chi connectivity index (χ0n) is 17.4. The molecule has 4 aliphatic rings. The van der Waals surface area contributed by atoms with E-state index < -0.39 is 0 Å². The highest BCUT2D eigenvalue weighted by Crippen LogP contribution is 2.58. The van der Waals surface area contributed by atoms with E-state index in [0.717, 1.165) is 29.6 Å². The Kier molecular flexibility index (Phi) is 12.0. The average Bonchev–Trinajstić information content (AvgIpc) is 3.14. The van der Waals surface area contributed by atoms with Crippen molar-refractivity contribution in [2.45, 2.75) is 98.8 Å². The Labute approximate surface area is 164 Å². The molecule has 1 nitrogen and oxygen atoms in total. The van der Waals surface area contributed by atoms with Crippen molar-refractivity contribution in [1.29, 1.82) is 0 Å². The molecule has 3 heteroatoms. The van der Waals surface area contributed by atoms with Crippen LogP contribution in [0.5, 0.6) is 0 Å². The molecule has 4 aliphatic carbocycles. The van der Waals surface area contributed by atoms with Crippen molar-refractivity contribution in [3.63, 3.8) is 0 Å². The molecule has 4 rings (SSSR count). The molecule has 0 aliphatic heterocycles. The summed E-state index contributed by atoms with van der Waals surface area (Å²) in [6.45, 7) is 10.5. The van der Waals surface area contributed by atoms with Crippen LogP contribution >= 0.6 is 19.9 Å². The zero-order valence-corrected chi connectivity index (χ0v) is 19.2. The highest BCUT2D eigenvalue weighted by Gasteiger charge is 2.48. The lowest BCUT2D eigenvalue weighted by Crippen LogP contribution is -2.44. The Bertz CT molecular complexity index is 362. The summed E-state index contributed by atoms with van der Waals surface area (Å²) in [5.74, 6) is 7.98. The normalized spacial score (nSPS) is 41.3. The quantitative estimate of drug-likeness (QED) is 0.326. The minimum atomic E-state index is -0.139. The van der Waals surface area contributed by atoms with Crippen LogP contribution in [0.15, 0.2) is 0 Å². The molecular weight excluding hydrogens is 343 g/mol. The predicted octanol–water partition coefficient (Wildman–Crippen LogP) is 8.45. The van der Waals surface area contributed by atoms with Crippen LogP contribution in [0.4, 0.5) is 0 Å². The van der Waals surface area contributed by atoms with Crippen LogP contribution in [0.1, 0.15) is 98.8 Å². The average molecular weight is 387 g/mol. The highest BCUT2D eigenvalue weighted by atomic mass is 32.7. The first-order valence-corrected chi connectivity index (χ1v) is 13.2. The van der Waals surface area contributed by atoms with E-state index in [4.69, 9.17) is 4.57 Å². The van der Waals surface area contributed by atoms with E-state index in [0.29, 0.717) is 0 Å². The molecule has 0 amide bonds. The van der Waals surface area contributed by atoms with E-state index in [1.165, 1.54) is 11.8 Å². The number of hydrogen-bond acceptors (Lipinski definition) is 1. The standard InChI is InChI=1S/C18H30.2C2H6.HOPS/c1-12-5-8-16-14(11-12)7-10-17-15-4-2-3-13(15)6-9-18(16)17;2*1-2;1-2-3/h12-18H,2-11H2,1H3;2*1-2H3;(H,1,3). The molecule has 4 saturated carbocycles. The monoisotopic (exact) mass is 386 g/mol. The van der Waals surface area contributed by atoms with E-state index in [-0.39, 0.29) is 7.66 Å². The zero-order chi connectivity index (χ0) is 18.8. The predicted molar refractivity (Wildman–Crippen MR) is 116 cm³/mol. The lowest BCUT2D eigenvalue weighted by atomic mass is 9.53. The lowest BCUT2D eigenvalue weighted by molar-refractivity contribution is -0.0269. The van der Waals surface area contributed by atoms with Crippen molar-refractivity contribution in [3.8, 4) is 0 Å². The van der Waals surface area contributed by atoms with E-state index in [9.17, 15) is 0 Å². The number of rotatable bonds is 0. The maximum atomic E-state index is 8.77. The third-order valence-corrected chi connectivity index (χ3v) is 7.41. The highest BCUT2D eigenvalue weighted by molar-refractivity contribution is 8.33. The topological polar surface area (TPSA) is 17.1 Å². The SMILES string of the molecule is CC.CC.CC1CCC2C(CCC3C4CCCC4CCC23)C1.O=PS. The van der Waals surface area contributed by atoms with Gasteiger partial charge in [-0.1, -0.05) is 66.1 Å². The molecular formula is C22H43OPS. The van der Waals surface area contributed by atoms with Gasteiger partial charge in [-0.15, -0.1) is 0 Å². The van der Waals surface area contributed by atoms with E-state index in [1.807, 2.05) is 27.7 Å². The first-order chi connectivity index (χ1) is 12.2. The molecule has 25 heavy (non-hydrogen) atoms. The van der Waals surface area contributed by atoms with Gasteiger partial charge in [0.25, 0.3) is 0 Å². The molecule has 0 spiro atoms. The molecule has 0 heterocycles. The summed E-state index contributed by atoms with van der Waals surface area (Å²) in [6, 6.07) is 0. The molecule has 0 bridgehead atoms.